The first kappa shape index (κ1) is 15.9. The minimum atomic E-state index is 0.153. The van der Waals surface area contributed by atoms with Crippen molar-refractivity contribution in [1.29, 1.82) is 0 Å². The molecular formula is C17H26N2O2S. The van der Waals surface area contributed by atoms with E-state index in [0.717, 1.165) is 45.4 Å². The number of amides is 1. The van der Waals surface area contributed by atoms with E-state index < -0.39 is 0 Å². The van der Waals surface area contributed by atoms with Crippen LogP contribution in [0.4, 0.5) is 0 Å². The molecule has 2 atom stereocenters. The SMILES string of the molecule is CC(C)c1csc([C@@H]2CCCN(C(=O)C[C@H]3CCCO3)C2)n1. The predicted molar refractivity (Wildman–Crippen MR) is 88.3 cm³/mol. The lowest BCUT2D eigenvalue weighted by atomic mass is 9.98. The standard InChI is InChI=1S/C17H26N2O2S/c1-12(2)15-11-22-17(18-15)13-5-3-7-19(10-13)16(20)9-14-6-4-8-21-14/h11-14H,3-10H2,1-2H3/t13-,14-/m1/s1. The summed E-state index contributed by atoms with van der Waals surface area (Å²) in [5, 5.41) is 3.38. The first-order valence-corrected chi connectivity index (χ1v) is 9.36. The van der Waals surface area contributed by atoms with Crippen molar-refractivity contribution in [3.8, 4) is 0 Å². The van der Waals surface area contributed by atoms with Crippen molar-refractivity contribution < 1.29 is 9.53 Å². The van der Waals surface area contributed by atoms with Gasteiger partial charge < -0.3 is 9.64 Å². The molecule has 2 fully saturated rings. The molecule has 0 radical (unpaired) electrons. The third-order valence-electron chi connectivity index (χ3n) is 4.68. The molecule has 0 spiro atoms. The number of nitrogens with zero attached hydrogens (tertiary/aromatic N) is 2. The fourth-order valence-corrected chi connectivity index (χ4v) is 4.40. The Morgan fingerprint density at radius 1 is 1.45 bits per heavy atom. The molecule has 0 N–H and O–H groups in total. The van der Waals surface area contributed by atoms with Gasteiger partial charge in [-0.15, -0.1) is 11.3 Å². The lowest BCUT2D eigenvalue weighted by Gasteiger charge is -2.32. The van der Waals surface area contributed by atoms with Crippen LogP contribution in [0.25, 0.3) is 0 Å². The summed E-state index contributed by atoms with van der Waals surface area (Å²) in [5.41, 5.74) is 1.18. The summed E-state index contributed by atoms with van der Waals surface area (Å²) >= 11 is 1.76. The number of hydrogen-bond acceptors (Lipinski definition) is 4. The maximum atomic E-state index is 12.5. The highest BCUT2D eigenvalue weighted by atomic mass is 32.1. The summed E-state index contributed by atoms with van der Waals surface area (Å²) < 4.78 is 5.60. The summed E-state index contributed by atoms with van der Waals surface area (Å²) in [4.78, 5) is 19.3. The first-order valence-electron chi connectivity index (χ1n) is 8.48. The van der Waals surface area contributed by atoms with Gasteiger partial charge in [-0.3, -0.25) is 4.79 Å². The lowest BCUT2D eigenvalue weighted by Crippen LogP contribution is -2.40. The molecular weight excluding hydrogens is 296 g/mol. The van der Waals surface area contributed by atoms with Gasteiger partial charge in [0.2, 0.25) is 5.91 Å². The van der Waals surface area contributed by atoms with Crippen molar-refractivity contribution in [2.75, 3.05) is 19.7 Å². The van der Waals surface area contributed by atoms with E-state index in [9.17, 15) is 4.79 Å². The number of piperidine rings is 1. The monoisotopic (exact) mass is 322 g/mol. The Balaban J connectivity index is 1.59. The van der Waals surface area contributed by atoms with E-state index in [-0.39, 0.29) is 12.0 Å². The van der Waals surface area contributed by atoms with Crippen LogP contribution < -0.4 is 0 Å². The summed E-state index contributed by atoms with van der Waals surface area (Å²) in [6, 6.07) is 0. The number of hydrogen-bond donors (Lipinski definition) is 0. The van der Waals surface area contributed by atoms with E-state index >= 15 is 0 Å². The highest BCUT2D eigenvalue weighted by Crippen LogP contribution is 2.31. The number of ether oxygens (including phenoxy) is 1. The molecule has 0 aromatic carbocycles. The van der Waals surface area contributed by atoms with Crippen LogP contribution >= 0.6 is 11.3 Å². The molecule has 3 heterocycles. The largest absolute Gasteiger partial charge is 0.378 e. The van der Waals surface area contributed by atoms with Crippen LogP contribution in [0.3, 0.4) is 0 Å². The fraction of sp³-hybridized carbons (Fsp3) is 0.765. The number of carbonyl (C=O) groups is 1. The van der Waals surface area contributed by atoms with Crippen LogP contribution in [0, 0.1) is 0 Å². The number of carbonyl (C=O) groups excluding carboxylic acids is 1. The third-order valence-corrected chi connectivity index (χ3v) is 5.71. The minimum Gasteiger partial charge on any atom is -0.378 e. The summed E-state index contributed by atoms with van der Waals surface area (Å²) in [6.07, 6.45) is 5.07. The molecule has 0 unspecified atom stereocenters. The second-order valence-electron chi connectivity index (χ2n) is 6.78. The number of likely N-dealkylation sites (tertiary alicyclic amines) is 1. The van der Waals surface area contributed by atoms with Crippen molar-refractivity contribution in [2.24, 2.45) is 0 Å². The lowest BCUT2D eigenvalue weighted by molar-refractivity contribution is -0.134. The topological polar surface area (TPSA) is 42.4 Å². The van der Waals surface area contributed by atoms with Gasteiger partial charge in [0.15, 0.2) is 0 Å². The van der Waals surface area contributed by atoms with E-state index in [1.54, 1.807) is 11.3 Å². The van der Waals surface area contributed by atoms with Gasteiger partial charge in [0.25, 0.3) is 0 Å². The van der Waals surface area contributed by atoms with E-state index in [1.807, 2.05) is 4.90 Å². The quantitative estimate of drug-likeness (QED) is 0.851. The molecule has 1 aromatic rings. The van der Waals surface area contributed by atoms with Gasteiger partial charge in [0.1, 0.15) is 0 Å². The molecule has 2 aliphatic rings. The zero-order chi connectivity index (χ0) is 15.5. The van der Waals surface area contributed by atoms with Crippen molar-refractivity contribution in [3.63, 3.8) is 0 Å². The van der Waals surface area contributed by atoms with Crippen molar-refractivity contribution in [2.45, 2.75) is 63.9 Å². The molecule has 1 amide bonds. The van der Waals surface area contributed by atoms with Crippen LogP contribution in [0.2, 0.25) is 0 Å². The fourth-order valence-electron chi connectivity index (χ4n) is 3.29. The van der Waals surface area contributed by atoms with Crippen LogP contribution in [0.1, 0.15) is 68.5 Å². The van der Waals surface area contributed by atoms with Gasteiger partial charge in [-0.1, -0.05) is 13.8 Å². The molecule has 3 rings (SSSR count). The van der Waals surface area contributed by atoms with E-state index in [0.29, 0.717) is 18.3 Å². The number of rotatable bonds is 4. The Hall–Kier alpha value is -0.940. The highest BCUT2D eigenvalue weighted by Gasteiger charge is 2.29. The maximum absolute atomic E-state index is 12.5. The van der Waals surface area contributed by atoms with E-state index in [2.05, 4.69) is 19.2 Å². The Kier molecular flexibility index (Phi) is 5.14. The Bertz CT molecular complexity index is 509. The number of thiazole rings is 1. The molecule has 1 aromatic heterocycles. The summed E-state index contributed by atoms with van der Waals surface area (Å²) in [7, 11) is 0. The van der Waals surface area contributed by atoms with Gasteiger partial charge in [-0.05, 0) is 31.6 Å². The Morgan fingerprint density at radius 3 is 3.00 bits per heavy atom. The van der Waals surface area contributed by atoms with Crippen molar-refractivity contribution in [3.05, 3.63) is 16.1 Å². The summed E-state index contributed by atoms with van der Waals surface area (Å²) in [5.74, 6) is 1.16. The van der Waals surface area contributed by atoms with Gasteiger partial charge in [-0.2, -0.15) is 0 Å². The summed E-state index contributed by atoms with van der Waals surface area (Å²) in [6.45, 7) is 6.90. The van der Waals surface area contributed by atoms with E-state index in [1.165, 1.54) is 10.7 Å². The van der Waals surface area contributed by atoms with Crippen LogP contribution in [0.5, 0.6) is 0 Å². The zero-order valence-electron chi connectivity index (χ0n) is 13.6. The smallest absolute Gasteiger partial charge is 0.225 e. The molecule has 0 aliphatic carbocycles. The van der Waals surface area contributed by atoms with Crippen LogP contribution in [-0.4, -0.2) is 41.6 Å². The minimum absolute atomic E-state index is 0.153. The Labute approximate surface area is 136 Å². The first-order chi connectivity index (χ1) is 10.6. The molecule has 0 bridgehead atoms. The van der Waals surface area contributed by atoms with Gasteiger partial charge in [0.05, 0.1) is 23.2 Å². The molecule has 2 aliphatic heterocycles. The average molecular weight is 322 g/mol. The van der Waals surface area contributed by atoms with E-state index in [4.69, 9.17) is 9.72 Å². The molecule has 122 valence electrons. The third kappa shape index (κ3) is 3.69. The molecule has 0 saturated carbocycles. The van der Waals surface area contributed by atoms with Crippen molar-refractivity contribution >= 4 is 17.2 Å². The second-order valence-corrected chi connectivity index (χ2v) is 7.67. The number of aromatic nitrogens is 1. The predicted octanol–water partition coefficient (Wildman–Crippen LogP) is 3.54. The Morgan fingerprint density at radius 2 is 2.32 bits per heavy atom. The van der Waals surface area contributed by atoms with Gasteiger partial charge >= 0.3 is 0 Å². The maximum Gasteiger partial charge on any atom is 0.225 e. The average Bonchev–Trinajstić information content (AvgIpc) is 3.18. The van der Waals surface area contributed by atoms with Crippen LogP contribution in [0.15, 0.2) is 5.38 Å². The van der Waals surface area contributed by atoms with Gasteiger partial charge in [0, 0.05) is 31.0 Å². The normalized spacial score (nSPS) is 25.9. The molecule has 5 heteroatoms. The zero-order valence-corrected chi connectivity index (χ0v) is 14.4. The van der Waals surface area contributed by atoms with Crippen LogP contribution in [-0.2, 0) is 9.53 Å². The molecule has 4 nitrogen and oxygen atoms in total. The second kappa shape index (κ2) is 7.09. The van der Waals surface area contributed by atoms with Crippen molar-refractivity contribution in [1.82, 2.24) is 9.88 Å². The molecule has 2 saturated heterocycles. The van der Waals surface area contributed by atoms with Gasteiger partial charge in [-0.25, -0.2) is 4.98 Å². The molecule has 22 heavy (non-hydrogen) atoms. The highest BCUT2D eigenvalue weighted by molar-refractivity contribution is 7.09.